The smallest absolute Gasteiger partial charge is 0.329 e. The van der Waals surface area contributed by atoms with E-state index >= 15 is 0 Å². The minimum atomic E-state index is -0.568. The van der Waals surface area contributed by atoms with E-state index in [-0.39, 0.29) is 17.6 Å². The molecule has 1 saturated heterocycles. The summed E-state index contributed by atoms with van der Waals surface area (Å²) in [6.07, 6.45) is 8.68. The van der Waals surface area contributed by atoms with Crippen LogP contribution in [0.5, 0.6) is 0 Å². The summed E-state index contributed by atoms with van der Waals surface area (Å²) in [6.45, 7) is 3.40. The number of piperazine rings is 1. The summed E-state index contributed by atoms with van der Waals surface area (Å²) in [5.74, 6) is 0.356. The summed E-state index contributed by atoms with van der Waals surface area (Å²) in [7, 11) is 0. The van der Waals surface area contributed by atoms with Crippen molar-refractivity contribution in [2.45, 2.75) is 76.5 Å². The van der Waals surface area contributed by atoms with Crippen molar-refractivity contribution in [2.24, 2.45) is 5.92 Å². The third-order valence-corrected chi connectivity index (χ3v) is 8.02. The van der Waals surface area contributed by atoms with Crippen molar-refractivity contribution >= 4 is 5.91 Å². The minimum absolute atomic E-state index is 0.0580. The fourth-order valence-corrected chi connectivity index (χ4v) is 6.17. The number of carbonyl (C=O) groups is 1. The third kappa shape index (κ3) is 4.60. The van der Waals surface area contributed by atoms with Crippen LogP contribution >= 0.6 is 0 Å². The number of aliphatic hydroxyl groups is 1. The van der Waals surface area contributed by atoms with E-state index in [1.807, 2.05) is 35.2 Å². The summed E-state index contributed by atoms with van der Waals surface area (Å²) < 4.78 is 3.57. The van der Waals surface area contributed by atoms with Gasteiger partial charge >= 0.3 is 5.69 Å². The topological polar surface area (TPSA) is 79.5 Å². The third-order valence-electron chi connectivity index (χ3n) is 8.02. The summed E-state index contributed by atoms with van der Waals surface area (Å²) in [6, 6.07) is 9.55. The molecule has 2 N–H and O–H groups in total. The Hall–Kier alpha value is -2.38. The second-order valence-corrected chi connectivity index (χ2v) is 10.3. The molecule has 1 aliphatic heterocycles. The van der Waals surface area contributed by atoms with Gasteiger partial charge in [-0.2, -0.15) is 0 Å². The van der Waals surface area contributed by atoms with E-state index in [0.717, 1.165) is 50.8 Å². The molecule has 0 radical (unpaired) electrons. The van der Waals surface area contributed by atoms with E-state index in [1.54, 1.807) is 9.13 Å². The molecule has 2 atom stereocenters. The van der Waals surface area contributed by atoms with Crippen molar-refractivity contribution in [3.05, 3.63) is 46.5 Å². The first-order chi connectivity index (χ1) is 16.6. The number of nitrogens with zero attached hydrogens (tertiary/aromatic N) is 3. The number of aromatic nitrogens is 2. The van der Waals surface area contributed by atoms with E-state index in [4.69, 9.17) is 0 Å². The molecule has 0 spiro atoms. The first-order valence-electron chi connectivity index (χ1n) is 13.2. The van der Waals surface area contributed by atoms with Gasteiger partial charge in [0.1, 0.15) is 5.69 Å². The highest BCUT2D eigenvalue weighted by atomic mass is 16.3. The van der Waals surface area contributed by atoms with Crippen LogP contribution in [0.3, 0.4) is 0 Å². The van der Waals surface area contributed by atoms with Crippen LogP contribution in [0.2, 0.25) is 0 Å². The molecule has 1 aromatic carbocycles. The van der Waals surface area contributed by atoms with Crippen molar-refractivity contribution in [1.82, 2.24) is 19.4 Å². The Balaban J connectivity index is 1.68. The predicted molar refractivity (Wildman–Crippen MR) is 133 cm³/mol. The highest BCUT2D eigenvalue weighted by Crippen LogP contribution is 2.35. The number of imidazole rings is 1. The number of amides is 1. The molecule has 2 heterocycles. The largest absolute Gasteiger partial charge is 0.391 e. The second kappa shape index (κ2) is 10.5. The van der Waals surface area contributed by atoms with Gasteiger partial charge in [-0.15, -0.1) is 0 Å². The van der Waals surface area contributed by atoms with E-state index in [2.05, 4.69) is 5.32 Å². The Kier molecular flexibility index (Phi) is 7.21. The van der Waals surface area contributed by atoms with Gasteiger partial charge in [-0.3, -0.25) is 13.9 Å². The fourth-order valence-electron chi connectivity index (χ4n) is 6.17. The van der Waals surface area contributed by atoms with Crippen molar-refractivity contribution < 1.29 is 9.90 Å². The van der Waals surface area contributed by atoms with E-state index in [1.165, 1.54) is 19.3 Å². The maximum Gasteiger partial charge on any atom is 0.329 e. The Labute approximate surface area is 201 Å². The average molecular weight is 467 g/mol. The van der Waals surface area contributed by atoms with Gasteiger partial charge in [0.15, 0.2) is 0 Å². The SMILES string of the molecule is O=C(c1c(-c2ccccc2)n(C2CCCCC2O)c(=O)n1CC1CCCCC1)N1CCNCC1. The van der Waals surface area contributed by atoms with Gasteiger partial charge in [-0.1, -0.05) is 62.4 Å². The van der Waals surface area contributed by atoms with E-state index in [9.17, 15) is 14.7 Å². The Morgan fingerprint density at radius 1 is 0.941 bits per heavy atom. The molecular formula is C27H38N4O3. The van der Waals surface area contributed by atoms with Gasteiger partial charge < -0.3 is 15.3 Å². The Morgan fingerprint density at radius 2 is 1.62 bits per heavy atom. The lowest BCUT2D eigenvalue weighted by Crippen LogP contribution is -2.47. The molecule has 2 unspecified atom stereocenters. The summed E-state index contributed by atoms with van der Waals surface area (Å²) in [5.41, 5.74) is 1.95. The highest BCUT2D eigenvalue weighted by molar-refractivity contribution is 5.98. The van der Waals surface area contributed by atoms with Gasteiger partial charge in [-0.25, -0.2) is 4.79 Å². The lowest BCUT2D eigenvalue weighted by atomic mass is 9.89. The summed E-state index contributed by atoms with van der Waals surface area (Å²) in [5, 5.41) is 14.3. The molecule has 7 heteroatoms. The lowest BCUT2D eigenvalue weighted by molar-refractivity contribution is 0.0719. The molecule has 7 nitrogen and oxygen atoms in total. The monoisotopic (exact) mass is 466 g/mol. The van der Waals surface area contributed by atoms with Crippen LogP contribution in [0, 0.1) is 5.92 Å². The maximum atomic E-state index is 14.1. The molecule has 0 bridgehead atoms. The molecule has 2 saturated carbocycles. The molecule has 2 aromatic rings. The number of nitrogens with one attached hydrogen (secondary N) is 1. The number of benzene rings is 1. The van der Waals surface area contributed by atoms with Crippen molar-refractivity contribution in [3.63, 3.8) is 0 Å². The van der Waals surface area contributed by atoms with Crippen LogP contribution in [0.1, 0.15) is 74.3 Å². The number of rotatable bonds is 5. The van der Waals surface area contributed by atoms with Crippen LogP contribution in [0.15, 0.2) is 35.1 Å². The molecule has 3 aliphatic rings. The van der Waals surface area contributed by atoms with Gasteiger partial charge in [-0.05, 0) is 31.6 Å². The standard InChI is InChI=1S/C27H38N4O3/c32-23-14-8-7-13-22(23)31-24(21-11-5-2-6-12-21)25(26(33)29-17-15-28-16-18-29)30(27(31)34)19-20-9-3-1-4-10-20/h2,5-6,11-12,20,22-23,28,32H,1,3-4,7-10,13-19H2. The van der Waals surface area contributed by atoms with Crippen molar-refractivity contribution in [1.29, 1.82) is 0 Å². The van der Waals surface area contributed by atoms with Gasteiger partial charge in [0.25, 0.3) is 5.91 Å². The molecule has 2 aliphatic carbocycles. The van der Waals surface area contributed by atoms with Crippen LogP contribution in [0.25, 0.3) is 11.3 Å². The van der Waals surface area contributed by atoms with E-state index in [0.29, 0.717) is 43.4 Å². The zero-order valence-electron chi connectivity index (χ0n) is 20.1. The molecule has 34 heavy (non-hydrogen) atoms. The number of hydrogen-bond donors (Lipinski definition) is 2. The number of aliphatic hydroxyl groups excluding tert-OH is 1. The molecule has 1 amide bonds. The van der Waals surface area contributed by atoms with Crippen LogP contribution in [0.4, 0.5) is 0 Å². The fraction of sp³-hybridized carbons (Fsp3) is 0.630. The summed E-state index contributed by atoms with van der Waals surface area (Å²) >= 11 is 0. The van der Waals surface area contributed by atoms with Gasteiger partial charge in [0.05, 0.1) is 17.8 Å². The van der Waals surface area contributed by atoms with Crippen molar-refractivity contribution in [2.75, 3.05) is 26.2 Å². The van der Waals surface area contributed by atoms with Crippen molar-refractivity contribution in [3.8, 4) is 11.3 Å². The molecule has 3 fully saturated rings. The summed E-state index contributed by atoms with van der Waals surface area (Å²) in [4.78, 5) is 30.1. The number of carbonyl (C=O) groups excluding carboxylic acids is 1. The molecule has 1 aromatic heterocycles. The maximum absolute atomic E-state index is 14.1. The zero-order chi connectivity index (χ0) is 23.5. The lowest BCUT2D eigenvalue weighted by Gasteiger charge is -2.30. The van der Waals surface area contributed by atoms with Gasteiger partial charge in [0.2, 0.25) is 0 Å². The minimum Gasteiger partial charge on any atom is -0.391 e. The predicted octanol–water partition coefficient (Wildman–Crippen LogP) is 3.42. The average Bonchev–Trinajstić information content (AvgIpc) is 3.17. The van der Waals surface area contributed by atoms with Gasteiger partial charge in [0, 0.05) is 38.3 Å². The second-order valence-electron chi connectivity index (χ2n) is 10.3. The highest BCUT2D eigenvalue weighted by Gasteiger charge is 2.36. The zero-order valence-corrected chi connectivity index (χ0v) is 20.1. The van der Waals surface area contributed by atoms with Crippen LogP contribution < -0.4 is 11.0 Å². The van der Waals surface area contributed by atoms with Crippen LogP contribution in [-0.4, -0.2) is 57.3 Å². The first-order valence-corrected chi connectivity index (χ1v) is 13.2. The first kappa shape index (κ1) is 23.4. The number of hydrogen-bond acceptors (Lipinski definition) is 4. The Morgan fingerprint density at radius 3 is 2.32 bits per heavy atom. The molecule has 184 valence electrons. The van der Waals surface area contributed by atoms with Crippen LogP contribution in [-0.2, 0) is 6.54 Å². The molecular weight excluding hydrogens is 428 g/mol. The normalized spacial score (nSPS) is 24.3. The Bertz CT molecular complexity index is 1030. The quantitative estimate of drug-likeness (QED) is 0.708. The molecule has 5 rings (SSSR count). The van der Waals surface area contributed by atoms with E-state index < -0.39 is 6.10 Å².